The maximum absolute atomic E-state index is 12.3. The molecule has 0 radical (unpaired) electrons. The highest BCUT2D eigenvalue weighted by Crippen LogP contribution is 2.33. The molecule has 0 atom stereocenters. The van der Waals surface area contributed by atoms with Crippen LogP contribution in [0.5, 0.6) is 0 Å². The third-order valence-electron chi connectivity index (χ3n) is 5.46. The lowest BCUT2D eigenvalue weighted by molar-refractivity contribution is -0.123. The Morgan fingerprint density at radius 3 is 1.63 bits per heavy atom. The van der Waals surface area contributed by atoms with Crippen LogP contribution < -0.4 is 0 Å². The van der Waals surface area contributed by atoms with Gasteiger partial charge in [0.05, 0.1) is 6.54 Å². The van der Waals surface area contributed by atoms with Gasteiger partial charge in [-0.1, -0.05) is 38.5 Å². The van der Waals surface area contributed by atoms with E-state index in [0.29, 0.717) is 11.7 Å². The second-order valence-corrected chi connectivity index (χ2v) is 7.00. The Morgan fingerprint density at radius 2 is 1.21 bits per heavy atom. The largest absolute Gasteiger partial charge is 0.298 e. The van der Waals surface area contributed by atoms with E-state index in [1.807, 2.05) is 0 Å². The summed E-state index contributed by atoms with van der Waals surface area (Å²) in [5, 5.41) is 0. The zero-order chi connectivity index (χ0) is 13.1. The van der Waals surface area contributed by atoms with Crippen LogP contribution in [0.1, 0.15) is 77.0 Å². The van der Waals surface area contributed by atoms with Gasteiger partial charge in [0.15, 0.2) is 0 Å². The molecule has 0 aromatic heterocycles. The normalized spacial score (nSPS) is 26.8. The summed E-state index contributed by atoms with van der Waals surface area (Å²) >= 11 is 0. The van der Waals surface area contributed by atoms with Crippen molar-refractivity contribution in [1.29, 1.82) is 0 Å². The highest BCUT2D eigenvalue weighted by atomic mass is 16.1. The summed E-state index contributed by atoms with van der Waals surface area (Å²) in [4.78, 5) is 14.9. The van der Waals surface area contributed by atoms with Gasteiger partial charge in [-0.3, -0.25) is 9.69 Å². The molecule has 2 nitrogen and oxygen atoms in total. The van der Waals surface area contributed by atoms with Crippen LogP contribution in [-0.2, 0) is 4.79 Å². The smallest absolute Gasteiger partial charge is 0.149 e. The Kier molecular flexibility index (Phi) is 4.57. The number of carbonyl (C=O) groups excluding carboxylic acids is 1. The molecule has 19 heavy (non-hydrogen) atoms. The van der Waals surface area contributed by atoms with Gasteiger partial charge in [-0.25, -0.2) is 0 Å². The van der Waals surface area contributed by atoms with Crippen molar-refractivity contribution in [1.82, 2.24) is 4.90 Å². The molecule has 0 aromatic carbocycles. The Hall–Kier alpha value is -0.370. The van der Waals surface area contributed by atoms with Crippen molar-refractivity contribution < 1.29 is 4.79 Å². The lowest BCUT2D eigenvalue weighted by Crippen LogP contribution is -2.47. The second-order valence-electron chi connectivity index (χ2n) is 7.00. The SMILES string of the molecule is O=C(CN(C1CCCCC1)C1CCCCC1)C1CC1. The molecule has 0 saturated heterocycles. The van der Waals surface area contributed by atoms with Crippen LogP contribution in [0.25, 0.3) is 0 Å². The van der Waals surface area contributed by atoms with Crippen LogP contribution >= 0.6 is 0 Å². The van der Waals surface area contributed by atoms with E-state index < -0.39 is 0 Å². The lowest BCUT2D eigenvalue weighted by Gasteiger charge is -2.41. The van der Waals surface area contributed by atoms with Crippen molar-refractivity contribution in [3.05, 3.63) is 0 Å². The van der Waals surface area contributed by atoms with Gasteiger partial charge in [-0.2, -0.15) is 0 Å². The van der Waals surface area contributed by atoms with Crippen molar-refractivity contribution in [3.8, 4) is 0 Å². The van der Waals surface area contributed by atoms with Crippen LogP contribution in [0.2, 0.25) is 0 Å². The van der Waals surface area contributed by atoms with Crippen molar-refractivity contribution in [3.63, 3.8) is 0 Å². The molecular weight excluding hydrogens is 234 g/mol. The maximum atomic E-state index is 12.3. The fourth-order valence-electron chi connectivity index (χ4n) is 4.10. The summed E-state index contributed by atoms with van der Waals surface area (Å²) in [6, 6.07) is 1.44. The van der Waals surface area contributed by atoms with Gasteiger partial charge in [0, 0.05) is 18.0 Å². The van der Waals surface area contributed by atoms with E-state index in [1.165, 1.54) is 77.0 Å². The summed E-state index contributed by atoms with van der Waals surface area (Å²) in [6.45, 7) is 0.778. The van der Waals surface area contributed by atoms with Crippen molar-refractivity contribution in [2.45, 2.75) is 89.1 Å². The van der Waals surface area contributed by atoms with E-state index >= 15 is 0 Å². The minimum Gasteiger partial charge on any atom is -0.298 e. The molecule has 0 aromatic rings. The molecular formula is C17H29NO. The van der Waals surface area contributed by atoms with Crippen LogP contribution in [0, 0.1) is 5.92 Å². The van der Waals surface area contributed by atoms with Crippen molar-refractivity contribution in [2.75, 3.05) is 6.54 Å². The summed E-state index contributed by atoms with van der Waals surface area (Å²) in [7, 11) is 0. The Balaban J connectivity index is 1.63. The van der Waals surface area contributed by atoms with Crippen LogP contribution in [0.15, 0.2) is 0 Å². The Morgan fingerprint density at radius 1 is 0.737 bits per heavy atom. The first-order valence-electron chi connectivity index (χ1n) is 8.63. The molecule has 3 aliphatic carbocycles. The number of hydrogen-bond acceptors (Lipinski definition) is 2. The van der Waals surface area contributed by atoms with Crippen molar-refractivity contribution >= 4 is 5.78 Å². The van der Waals surface area contributed by atoms with Crippen molar-refractivity contribution in [2.24, 2.45) is 5.92 Å². The van der Waals surface area contributed by atoms with E-state index in [4.69, 9.17) is 0 Å². The first kappa shape index (κ1) is 13.6. The minimum absolute atomic E-state index is 0.440. The molecule has 3 aliphatic rings. The molecule has 3 saturated carbocycles. The van der Waals surface area contributed by atoms with Gasteiger partial charge < -0.3 is 0 Å². The predicted octanol–water partition coefficient (Wildman–Crippen LogP) is 3.93. The van der Waals surface area contributed by atoms with Gasteiger partial charge in [0.1, 0.15) is 5.78 Å². The standard InChI is InChI=1S/C17H29NO/c19-17(14-11-12-14)13-18(15-7-3-1-4-8-15)16-9-5-2-6-10-16/h14-16H,1-13H2. The number of rotatable bonds is 5. The summed E-state index contributed by atoms with van der Waals surface area (Å²) in [5.41, 5.74) is 0. The Bertz CT molecular complexity index is 280. The molecule has 3 rings (SSSR count). The predicted molar refractivity (Wildman–Crippen MR) is 78.2 cm³/mol. The molecule has 0 spiro atoms. The molecule has 0 amide bonds. The van der Waals surface area contributed by atoms with E-state index in [9.17, 15) is 4.79 Å². The zero-order valence-corrected chi connectivity index (χ0v) is 12.3. The highest BCUT2D eigenvalue weighted by molar-refractivity contribution is 5.85. The minimum atomic E-state index is 0.440. The molecule has 0 heterocycles. The molecule has 0 unspecified atom stereocenters. The molecule has 0 N–H and O–H groups in total. The summed E-state index contributed by atoms with van der Waals surface area (Å²) in [5.74, 6) is 0.992. The maximum Gasteiger partial charge on any atom is 0.149 e. The van der Waals surface area contributed by atoms with E-state index in [0.717, 1.165) is 18.6 Å². The number of Topliss-reactive ketones (excluding diaryl/α,β-unsaturated/α-hetero) is 1. The molecule has 3 fully saturated rings. The van der Waals surface area contributed by atoms with E-state index in [2.05, 4.69) is 4.90 Å². The van der Waals surface area contributed by atoms with Gasteiger partial charge in [-0.05, 0) is 38.5 Å². The number of ketones is 1. The summed E-state index contributed by atoms with van der Waals surface area (Å²) < 4.78 is 0. The average molecular weight is 263 g/mol. The van der Waals surface area contributed by atoms with Gasteiger partial charge >= 0.3 is 0 Å². The Labute approximate surface area is 117 Å². The highest BCUT2D eigenvalue weighted by Gasteiger charge is 2.35. The van der Waals surface area contributed by atoms with Crippen LogP contribution in [-0.4, -0.2) is 29.3 Å². The third-order valence-corrected chi connectivity index (χ3v) is 5.46. The number of nitrogens with zero attached hydrogens (tertiary/aromatic N) is 1. The van der Waals surface area contributed by atoms with Crippen LogP contribution in [0.3, 0.4) is 0 Å². The van der Waals surface area contributed by atoms with E-state index in [-0.39, 0.29) is 0 Å². The van der Waals surface area contributed by atoms with Gasteiger partial charge in [0.25, 0.3) is 0 Å². The number of hydrogen-bond donors (Lipinski definition) is 0. The second kappa shape index (κ2) is 6.39. The summed E-state index contributed by atoms with van der Waals surface area (Å²) in [6.07, 6.45) is 16.0. The first-order chi connectivity index (χ1) is 9.34. The first-order valence-corrected chi connectivity index (χ1v) is 8.63. The monoisotopic (exact) mass is 263 g/mol. The van der Waals surface area contributed by atoms with Crippen LogP contribution in [0.4, 0.5) is 0 Å². The van der Waals surface area contributed by atoms with Gasteiger partial charge in [0.2, 0.25) is 0 Å². The van der Waals surface area contributed by atoms with E-state index in [1.54, 1.807) is 0 Å². The molecule has 0 bridgehead atoms. The zero-order valence-electron chi connectivity index (χ0n) is 12.3. The van der Waals surface area contributed by atoms with Gasteiger partial charge in [-0.15, -0.1) is 0 Å². The topological polar surface area (TPSA) is 20.3 Å². The number of carbonyl (C=O) groups is 1. The third kappa shape index (κ3) is 3.59. The fraction of sp³-hybridized carbons (Fsp3) is 0.941. The molecule has 0 aliphatic heterocycles. The average Bonchev–Trinajstić information content (AvgIpc) is 3.31. The molecule has 108 valence electrons. The molecule has 2 heteroatoms. The lowest BCUT2D eigenvalue weighted by atomic mass is 9.88. The fourth-order valence-corrected chi connectivity index (χ4v) is 4.10. The quantitative estimate of drug-likeness (QED) is 0.749.